The topological polar surface area (TPSA) is 87.7 Å². The van der Waals surface area contributed by atoms with E-state index in [1.165, 1.54) is 0 Å². The lowest BCUT2D eigenvalue weighted by Gasteiger charge is -2.37. The summed E-state index contributed by atoms with van der Waals surface area (Å²) >= 11 is 0. The summed E-state index contributed by atoms with van der Waals surface area (Å²) in [6, 6.07) is -0.372. The Balaban J connectivity index is 2.34. The zero-order chi connectivity index (χ0) is 13.6. The monoisotopic (exact) mass is 258 g/mol. The minimum Gasteiger partial charge on any atom is -0.481 e. The first-order valence-corrected chi connectivity index (χ1v) is 6.31. The van der Waals surface area contributed by atoms with Crippen molar-refractivity contribution < 1.29 is 19.4 Å². The highest BCUT2D eigenvalue weighted by Crippen LogP contribution is 2.40. The molecule has 0 saturated heterocycles. The summed E-state index contributed by atoms with van der Waals surface area (Å²) in [7, 11) is 1.58. The molecule has 3 N–H and O–H groups in total. The molecule has 1 rings (SSSR count). The molecule has 0 aromatic heterocycles. The Hall–Kier alpha value is -1.30. The number of ether oxygens (including phenoxy) is 1. The van der Waals surface area contributed by atoms with Gasteiger partial charge in [0, 0.05) is 13.7 Å². The molecule has 6 nitrogen and oxygen atoms in total. The van der Waals surface area contributed by atoms with E-state index >= 15 is 0 Å². The predicted molar refractivity (Wildman–Crippen MR) is 66.4 cm³/mol. The average Bonchev–Trinajstić information content (AvgIpc) is 2.26. The minimum atomic E-state index is -0.821. The van der Waals surface area contributed by atoms with Gasteiger partial charge in [-0.25, -0.2) is 4.79 Å². The molecule has 1 fully saturated rings. The Labute approximate surface area is 107 Å². The predicted octanol–water partition coefficient (Wildman–Crippen LogP) is 0.965. The fourth-order valence-electron chi connectivity index (χ4n) is 2.02. The van der Waals surface area contributed by atoms with E-state index in [0.717, 1.165) is 12.8 Å². The summed E-state index contributed by atoms with van der Waals surface area (Å²) in [6.07, 6.45) is 2.96. The van der Waals surface area contributed by atoms with Crippen molar-refractivity contribution in [3.05, 3.63) is 0 Å². The van der Waals surface area contributed by atoms with Crippen molar-refractivity contribution in [2.45, 2.75) is 38.6 Å². The molecule has 104 valence electrons. The quantitative estimate of drug-likeness (QED) is 0.635. The summed E-state index contributed by atoms with van der Waals surface area (Å²) < 4.78 is 4.98. The molecule has 0 radical (unpaired) electrons. The highest BCUT2D eigenvalue weighted by molar-refractivity contribution is 5.78. The van der Waals surface area contributed by atoms with Gasteiger partial charge in [0.25, 0.3) is 0 Å². The molecule has 0 bridgehead atoms. The number of hydrogen-bond donors (Lipinski definition) is 3. The molecule has 0 spiro atoms. The van der Waals surface area contributed by atoms with Crippen LogP contribution in [0.1, 0.15) is 32.6 Å². The van der Waals surface area contributed by atoms with E-state index < -0.39 is 11.4 Å². The first kappa shape index (κ1) is 14.8. The summed E-state index contributed by atoms with van der Waals surface area (Å²) in [4.78, 5) is 22.7. The van der Waals surface area contributed by atoms with Crippen LogP contribution in [0.3, 0.4) is 0 Å². The fraction of sp³-hybridized carbons (Fsp3) is 0.833. The highest BCUT2D eigenvalue weighted by atomic mass is 16.5. The number of nitrogens with one attached hydrogen (secondary N) is 2. The summed E-state index contributed by atoms with van der Waals surface area (Å²) in [5.41, 5.74) is -0.750. The van der Waals surface area contributed by atoms with Gasteiger partial charge in [-0.3, -0.25) is 4.79 Å². The van der Waals surface area contributed by atoms with Crippen LogP contribution in [-0.4, -0.2) is 43.4 Å². The number of rotatable bonds is 7. The Morgan fingerprint density at radius 1 is 1.44 bits per heavy atom. The lowest BCUT2D eigenvalue weighted by molar-refractivity contribution is -0.153. The molecule has 0 aliphatic heterocycles. The third-order valence-electron chi connectivity index (χ3n) is 3.55. The van der Waals surface area contributed by atoms with Gasteiger partial charge in [0.1, 0.15) is 0 Å². The highest BCUT2D eigenvalue weighted by Gasteiger charge is 2.44. The molecule has 0 aromatic carbocycles. The van der Waals surface area contributed by atoms with Gasteiger partial charge in [0.05, 0.1) is 18.1 Å². The fourth-order valence-corrected chi connectivity index (χ4v) is 2.02. The summed E-state index contributed by atoms with van der Waals surface area (Å²) in [5.74, 6) is -0.821. The van der Waals surface area contributed by atoms with E-state index in [4.69, 9.17) is 9.84 Å². The van der Waals surface area contributed by atoms with Crippen LogP contribution >= 0.6 is 0 Å². The minimum absolute atomic E-state index is 0.0443. The van der Waals surface area contributed by atoms with Crippen molar-refractivity contribution in [1.82, 2.24) is 10.6 Å². The van der Waals surface area contributed by atoms with Crippen molar-refractivity contribution in [2.75, 3.05) is 20.3 Å². The molecule has 1 atom stereocenters. The van der Waals surface area contributed by atoms with Crippen LogP contribution < -0.4 is 10.6 Å². The van der Waals surface area contributed by atoms with Crippen LogP contribution in [0.2, 0.25) is 0 Å². The molecule has 18 heavy (non-hydrogen) atoms. The number of aliphatic carboxylic acids is 1. The normalized spacial score (nSPS) is 18.6. The third-order valence-corrected chi connectivity index (χ3v) is 3.55. The number of carboxylic acid groups (broad SMARTS) is 1. The number of hydrogen-bond acceptors (Lipinski definition) is 3. The van der Waals surface area contributed by atoms with Crippen molar-refractivity contribution >= 4 is 12.0 Å². The molecule has 0 heterocycles. The van der Waals surface area contributed by atoms with Crippen molar-refractivity contribution in [3.8, 4) is 0 Å². The maximum atomic E-state index is 11.6. The molecule has 6 heteroatoms. The number of carboxylic acids is 1. The van der Waals surface area contributed by atoms with E-state index in [1.54, 1.807) is 7.11 Å². The van der Waals surface area contributed by atoms with Crippen LogP contribution in [-0.2, 0) is 9.53 Å². The van der Waals surface area contributed by atoms with Gasteiger partial charge in [-0.1, -0.05) is 13.3 Å². The number of urea groups is 1. The zero-order valence-electron chi connectivity index (χ0n) is 11.0. The third kappa shape index (κ3) is 3.60. The van der Waals surface area contributed by atoms with Crippen LogP contribution in [0, 0.1) is 5.41 Å². The smallest absolute Gasteiger partial charge is 0.315 e. The van der Waals surface area contributed by atoms with Crippen molar-refractivity contribution in [2.24, 2.45) is 5.41 Å². The zero-order valence-corrected chi connectivity index (χ0v) is 11.0. The molecule has 2 amide bonds. The van der Waals surface area contributed by atoms with Gasteiger partial charge in [-0.2, -0.15) is 0 Å². The lowest BCUT2D eigenvalue weighted by Crippen LogP contribution is -2.51. The van der Waals surface area contributed by atoms with Gasteiger partial charge in [0.2, 0.25) is 0 Å². The standard InChI is InChI=1S/C12H22N2O4/c1-3-9(7-18-2)14-11(17)13-8-12(10(15)16)5-4-6-12/h9H,3-8H2,1-2H3,(H,15,16)(H2,13,14,17). The first-order valence-electron chi connectivity index (χ1n) is 6.31. The van der Waals surface area contributed by atoms with Gasteiger partial charge < -0.3 is 20.5 Å². The largest absolute Gasteiger partial charge is 0.481 e. The molecule has 1 unspecified atom stereocenters. The molecule has 1 saturated carbocycles. The molecule has 1 aliphatic carbocycles. The Kier molecular flexibility index (Phi) is 5.40. The Morgan fingerprint density at radius 2 is 2.11 bits per heavy atom. The average molecular weight is 258 g/mol. The number of amides is 2. The maximum Gasteiger partial charge on any atom is 0.315 e. The number of methoxy groups -OCH3 is 1. The lowest BCUT2D eigenvalue weighted by atomic mass is 9.69. The van der Waals surface area contributed by atoms with Gasteiger partial charge in [0.15, 0.2) is 0 Å². The van der Waals surface area contributed by atoms with E-state index in [2.05, 4.69) is 10.6 Å². The summed E-state index contributed by atoms with van der Waals surface area (Å²) in [6.45, 7) is 2.60. The summed E-state index contributed by atoms with van der Waals surface area (Å²) in [5, 5.41) is 14.5. The SMILES string of the molecule is CCC(COC)NC(=O)NCC1(C(=O)O)CCC1. The van der Waals surface area contributed by atoms with Crippen LogP contribution in [0.25, 0.3) is 0 Å². The van der Waals surface area contributed by atoms with E-state index in [0.29, 0.717) is 19.4 Å². The first-order chi connectivity index (χ1) is 8.54. The van der Waals surface area contributed by atoms with E-state index in [1.807, 2.05) is 6.92 Å². The molecular weight excluding hydrogens is 236 g/mol. The number of carbonyl (C=O) groups excluding carboxylic acids is 1. The second-order valence-corrected chi connectivity index (χ2v) is 4.83. The van der Waals surface area contributed by atoms with Crippen molar-refractivity contribution in [1.29, 1.82) is 0 Å². The van der Waals surface area contributed by atoms with Crippen LogP contribution in [0.15, 0.2) is 0 Å². The van der Waals surface area contributed by atoms with Gasteiger partial charge in [-0.15, -0.1) is 0 Å². The van der Waals surface area contributed by atoms with Gasteiger partial charge in [-0.05, 0) is 19.3 Å². The van der Waals surface area contributed by atoms with E-state index in [9.17, 15) is 9.59 Å². The van der Waals surface area contributed by atoms with Crippen LogP contribution in [0.4, 0.5) is 4.79 Å². The maximum absolute atomic E-state index is 11.6. The van der Waals surface area contributed by atoms with Gasteiger partial charge >= 0.3 is 12.0 Å². The van der Waals surface area contributed by atoms with E-state index in [-0.39, 0.29) is 18.6 Å². The van der Waals surface area contributed by atoms with Crippen LogP contribution in [0.5, 0.6) is 0 Å². The second-order valence-electron chi connectivity index (χ2n) is 4.83. The number of carbonyl (C=O) groups is 2. The Morgan fingerprint density at radius 3 is 2.50 bits per heavy atom. The molecular formula is C12H22N2O4. The Bertz CT molecular complexity index is 302. The second kappa shape index (κ2) is 6.58. The molecule has 0 aromatic rings. The van der Waals surface area contributed by atoms with Crippen molar-refractivity contribution in [3.63, 3.8) is 0 Å². The molecule has 1 aliphatic rings.